The molecule has 0 saturated carbocycles. The molecule has 1 aromatic heterocycles. The largest absolute Gasteiger partial charge is 0.342 e. The van der Waals surface area contributed by atoms with Gasteiger partial charge >= 0.3 is 0 Å². The summed E-state index contributed by atoms with van der Waals surface area (Å²) in [5.41, 5.74) is 0.759. The number of carbonyl (C=O) groups is 2. The normalized spacial score (nSPS) is 15.2. The predicted octanol–water partition coefficient (Wildman–Crippen LogP) is 2.97. The monoisotopic (exact) mass is 418 g/mol. The topological polar surface area (TPSA) is 56.8 Å². The summed E-state index contributed by atoms with van der Waals surface area (Å²) in [6, 6.07) is 6.44. The summed E-state index contributed by atoms with van der Waals surface area (Å²) in [6.07, 6.45) is 0.807. The molecular weight excluding hydrogens is 391 g/mol. The zero-order chi connectivity index (χ0) is 20.8. The predicted molar refractivity (Wildman–Crippen MR) is 112 cm³/mol. The molecular formula is C21H27FN4O2S. The second-order valence-corrected chi connectivity index (χ2v) is 7.86. The van der Waals surface area contributed by atoms with Crippen LogP contribution >= 0.6 is 11.3 Å². The molecule has 3 rings (SSSR count). The van der Waals surface area contributed by atoms with Crippen molar-refractivity contribution in [1.29, 1.82) is 0 Å². The van der Waals surface area contributed by atoms with Gasteiger partial charge in [0, 0.05) is 50.2 Å². The van der Waals surface area contributed by atoms with E-state index in [0.29, 0.717) is 55.5 Å². The molecule has 1 fully saturated rings. The van der Waals surface area contributed by atoms with Crippen molar-refractivity contribution in [2.75, 3.05) is 45.8 Å². The van der Waals surface area contributed by atoms with E-state index in [4.69, 9.17) is 0 Å². The van der Waals surface area contributed by atoms with Crippen LogP contribution in [0.1, 0.15) is 30.8 Å². The second kappa shape index (κ2) is 9.93. The summed E-state index contributed by atoms with van der Waals surface area (Å²) in [6.45, 7) is 8.39. The zero-order valence-corrected chi connectivity index (χ0v) is 17.8. The van der Waals surface area contributed by atoms with Crippen LogP contribution in [0.3, 0.4) is 0 Å². The third-order valence-electron chi connectivity index (χ3n) is 5.18. The lowest BCUT2D eigenvalue weighted by Gasteiger charge is -2.25. The lowest BCUT2D eigenvalue weighted by atomic mass is 10.2. The molecule has 1 aliphatic heterocycles. The minimum Gasteiger partial charge on any atom is -0.342 e. The van der Waals surface area contributed by atoms with Gasteiger partial charge in [-0.3, -0.25) is 14.5 Å². The van der Waals surface area contributed by atoms with Crippen LogP contribution in [0.5, 0.6) is 0 Å². The first kappa shape index (κ1) is 21.4. The standard InChI is InChI=1S/C21H27FN4O2S/c1-3-25(4-2)19(27)14-24-10-7-11-26(13-12-24)21(28)18-15-29-20(23-18)16-8-5-6-9-17(16)22/h5-6,8-9,15H,3-4,7,10-14H2,1-2H3. The van der Waals surface area contributed by atoms with Gasteiger partial charge in [0.15, 0.2) is 0 Å². The van der Waals surface area contributed by atoms with E-state index in [1.807, 2.05) is 18.7 Å². The lowest BCUT2D eigenvalue weighted by molar-refractivity contribution is -0.132. The van der Waals surface area contributed by atoms with Crippen LogP contribution in [0.15, 0.2) is 29.6 Å². The molecule has 1 aromatic carbocycles. The van der Waals surface area contributed by atoms with E-state index in [0.717, 1.165) is 13.0 Å². The van der Waals surface area contributed by atoms with Crippen LogP contribution in [0.25, 0.3) is 10.6 Å². The van der Waals surface area contributed by atoms with Crippen LogP contribution in [0.2, 0.25) is 0 Å². The Hall–Kier alpha value is -2.32. The molecule has 1 aliphatic rings. The Labute approximate surface area is 174 Å². The molecule has 0 spiro atoms. The fourth-order valence-corrected chi connectivity index (χ4v) is 4.31. The average molecular weight is 419 g/mol. The van der Waals surface area contributed by atoms with E-state index in [2.05, 4.69) is 9.88 Å². The van der Waals surface area contributed by atoms with E-state index >= 15 is 0 Å². The lowest BCUT2D eigenvalue weighted by Crippen LogP contribution is -2.42. The van der Waals surface area contributed by atoms with Gasteiger partial charge in [-0.15, -0.1) is 11.3 Å². The first-order chi connectivity index (χ1) is 14.0. The van der Waals surface area contributed by atoms with Crippen LogP contribution in [0, 0.1) is 5.82 Å². The number of nitrogens with zero attached hydrogens (tertiary/aromatic N) is 4. The van der Waals surface area contributed by atoms with Gasteiger partial charge in [-0.2, -0.15) is 0 Å². The molecule has 156 valence electrons. The maximum atomic E-state index is 14.0. The second-order valence-electron chi connectivity index (χ2n) is 7.01. The summed E-state index contributed by atoms with van der Waals surface area (Å²) in [5.74, 6) is -0.353. The Morgan fingerprint density at radius 1 is 1.14 bits per heavy atom. The van der Waals surface area contributed by atoms with Gasteiger partial charge in [-0.05, 0) is 32.4 Å². The van der Waals surface area contributed by atoms with Crippen molar-refractivity contribution in [3.63, 3.8) is 0 Å². The molecule has 29 heavy (non-hydrogen) atoms. The van der Waals surface area contributed by atoms with Crippen molar-refractivity contribution in [2.24, 2.45) is 0 Å². The van der Waals surface area contributed by atoms with Crippen molar-refractivity contribution >= 4 is 23.2 Å². The number of rotatable bonds is 6. The quantitative estimate of drug-likeness (QED) is 0.724. The number of hydrogen-bond acceptors (Lipinski definition) is 5. The Balaban J connectivity index is 1.61. The minimum absolute atomic E-state index is 0.129. The molecule has 2 amide bonds. The number of likely N-dealkylation sites (N-methyl/N-ethyl adjacent to an activating group) is 1. The Morgan fingerprint density at radius 3 is 2.62 bits per heavy atom. The van der Waals surface area contributed by atoms with Crippen LogP contribution in [0.4, 0.5) is 4.39 Å². The van der Waals surface area contributed by atoms with Gasteiger partial charge in [-0.25, -0.2) is 9.37 Å². The molecule has 0 aliphatic carbocycles. The van der Waals surface area contributed by atoms with Gasteiger partial charge in [0.1, 0.15) is 16.5 Å². The fourth-order valence-electron chi connectivity index (χ4n) is 3.49. The molecule has 2 heterocycles. The van der Waals surface area contributed by atoms with Crippen molar-refractivity contribution < 1.29 is 14.0 Å². The van der Waals surface area contributed by atoms with Gasteiger partial charge in [0.05, 0.1) is 6.54 Å². The van der Waals surface area contributed by atoms with E-state index in [9.17, 15) is 14.0 Å². The summed E-state index contributed by atoms with van der Waals surface area (Å²) >= 11 is 1.27. The first-order valence-electron chi connectivity index (χ1n) is 10.0. The number of benzene rings is 1. The molecule has 0 N–H and O–H groups in total. The van der Waals surface area contributed by atoms with Crippen molar-refractivity contribution in [3.8, 4) is 10.6 Å². The zero-order valence-electron chi connectivity index (χ0n) is 16.9. The van der Waals surface area contributed by atoms with Crippen molar-refractivity contribution in [3.05, 3.63) is 41.2 Å². The van der Waals surface area contributed by atoms with E-state index in [1.54, 1.807) is 28.5 Å². The highest BCUT2D eigenvalue weighted by atomic mass is 32.1. The van der Waals surface area contributed by atoms with Crippen LogP contribution < -0.4 is 0 Å². The molecule has 8 heteroatoms. The molecule has 0 unspecified atom stereocenters. The highest BCUT2D eigenvalue weighted by Crippen LogP contribution is 2.26. The number of thiazole rings is 1. The maximum Gasteiger partial charge on any atom is 0.273 e. The van der Waals surface area contributed by atoms with Crippen molar-refractivity contribution in [1.82, 2.24) is 19.7 Å². The van der Waals surface area contributed by atoms with E-state index in [1.165, 1.54) is 17.4 Å². The highest BCUT2D eigenvalue weighted by molar-refractivity contribution is 7.13. The Morgan fingerprint density at radius 2 is 1.90 bits per heavy atom. The molecule has 0 atom stereocenters. The summed E-state index contributed by atoms with van der Waals surface area (Å²) in [5, 5.41) is 2.20. The third kappa shape index (κ3) is 5.19. The third-order valence-corrected chi connectivity index (χ3v) is 6.05. The van der Waals surface area contributed by atoms with Gasteiger partial charge in [-0.1, -0.05) is 12.1 Å². The smallest absolute Gasteiger partial charge is 0.273 e. The van der Waals surface area contributed by atoms with Crippen LogP contribution in [-0.2, 0) is 4.79 Å². The summed E-state index contributed by atoms with van der Waals surface area (Å²) in [4.78, 5) is 35.3. The van der Waals surface area contributed by atoms with Crippen molar-refractivity contribution in [2.45, 2.75) is 20.3 Å². The molecule has 6 nitrogen and oxygen atoms in total. The van der Waals surface area contributed by atoms with Gasteiger partial charge in [0.25, 0.3) is 5.91 Å². The molecule has 0 bridgehead atoms. The number of halogens is 1. The number of hydrogen-bond donors (Lipinski definition) is 0. The minimum atomic E-state index is -0.343. The number of aromatic nitrogens is 1. The Bertz CT molecular complexity index is 853. The first-order valence-corrected chi connectivity index (χ1v) is 10.9. The van der Waals surface area contributed by atoms with Gasteiger partial charge in [0.2, 0.25) is 5.91 Å². The number of carbonyl (C=O) groups excluding carboxylic acids is 2. The van der Waals surface area contributed by atoms with E-state index < -0.39 is 0 Å². The van der Waals surface area contributed by atoms with E-state index in [-0.39, 0.29) is 17.6 Å². The highest BCUT2D eigenvalue weighted by Gasteiger charge is 2.24. The molecule has 0 radical (unpaired) electrons. The van der Waals surface area contributed by atoms with Gasteiger partial charge < -0.3 is 9.80 Å². The molecule has 2 aromatic rings. The SMILES string of the molecule is CCN(CC)C(=O)CN1CCCN(C(=O)c2csc(-c3ccccc3F)n2)CC1. The summed E-state index contributed by atoms with van der Waals surface area (Å²) in [7, 11) is 0. The number of amides is 2. The average Bonchev–Trinajstić information content (AvgIpc) is 3.09. The fraction of sp³-hybridized carbons (Fsp3) is 0.476. The summed E-state index contributed by atoms with van der Waals surface area (Å²) < 4.78 is 14.0. The van der Waals surface area contributed by atoms with Crippen LogP contribution in [-0.4, -0.2) is 77.3 Å². The Kier molecular flexibility index (Phi) is 7.33. The maximum absolute atomic E-state index is 14.0. The molecule has 1 saturated heterocycles.